The van der Waals surface area contributed by atoms with Crippen LogP contribution in [0.2, 0.25) is 0 Å². The fraction of sp³-hybridized carbons (Fsp3) is 0.320. The van der Waals surface area contributed by atoms with E-state index in [2.05, 4.69) is 34.3 Å². The maximum absolute atomic E-state index is 13.1. The van der Waals surface area contributed by atoms with Crippen molar-refractivity contribution in [3.05, 3.63) is 92.1 Å². The number of imidazole rings is 1. The molecule has 33 heavy (non-hydrogen) atoms. The van der Waals surface area contributed by atoms with Crippen molar-refractivity contribution < 1.29 is 0 Å². The molecule has 0 atom stereocenters. The minimum Gasteiger partial charge on any atom is -0.341 e. The van der Waals surface area contributed by atoms with E-state index in [4.69, 9.17) is 4.98 Å². The number of hydrogen-bond acceptors (Lipinski definition) is 5. The summed E-state index contributed by atoms with van der Waals surface area (Å²) in [5.41, 5.74) is 3.25. The minimum atomic E-state index is -0.444. The van der Waals surface area contributed by atoms with Crippen LogP contribution in [0.15, 0.2) is 64.2 Å². The highest BCUT2D eigenvalue weighted by molar-refractivity contribution is 5.75. The summed E-state index contributed by atoms with van der Waals surface area (Å²) < 4.78 is 3.54. The first-order valence-electron chi connectivity index (χ1n) is 11.4. The molecular weight excluding hydrogens is 416 g/mol. The summed E-state index contributed by atoms with van der Waals surface area (Å²) in [5, 5.41) is 3.42. The second kappa shape index (κ2) is 9.07. The Bertz CT molecular complexity index is 1380. The number of fused-ring (bicyclic) bond motifs is 1. The van der Waals surface area contributed by atoms with Crippen molar-refractivity contribution in [3.63, 3.8) is 0 Å². The molecule has 3 heterocycles. The molecule has 0 aliphatic carbocycles. The number of aromatic nitrogens is 4. The number of anilines is 1. The van der Waals surface area contributed by atoms with Crippen LogP contribution in [0.1, 0.15) is 23.1 Å². The van der Waals surface area contributed by atoms with Crippen molar-refractivity contribution in [2.75, 3.05) is 31.1 Å². The van der Waals surface area contributed by atoms with Gasteiger partial charge in [0.2, 0.25) is 5.95 Å². The molecule has 170 valence electrons. The van der Waals surface area contributed by atoms with Crippen molar-refractivity contribution in [3.8, 4) is 0 Å². The average Bonchev–Trinajstić information content (AvgIpc) is 2.99. The number of nitrogens with one attached hydrogen (secondary N) is 2. The highest BCUT2D eigenvalue weighted by Crippen LogP contribution is 2.23. The summed E-state index contributed by atoms with van der Waals surface area (Å²) in [5.74, 6) is 0.731. The number of aromatic amines is 1. The summed E-state index contributed by atoms with van der Waals surface area (Å²) in [6.45, 7) is 6.35. The average molecular weight is 445 g/mol. The number of benzene rings is 2. The Kier molecular flexibility index (Phi) is 5.83. The molecule has 1 fully saturated rings. The summed E-state index contributed by atoms with van der Waals surface area (Å²) >= 11 is 0. The maximum atomic E-state index is 13.1. The Morgan fingerprint density at radius 3 is 2.52 bits per heavy atom. The Balaban J connectivity index is 1.72. The maximum Gasteiger partial charge on any atom is 0.330 e. The van der Waals surface area contributed by atoms with E-state index in [-0.39, 0.29) is 0 Å². The predicted octanol–water partition coefficient (Wildman–Crippen LogP) is 2.09. The van der Waals surface area contributed by atoms with Gasteiger partial charge in [-0.05, 0) is 36.6 Å². The molecule has 1 aliphatic heterocycles. The van der Waals surface area contributed by atoms with Crippen LogP contribution in [-0.2, 0) is 13.1 Å². The Hall–Kier alpha value is -3.65. The molecule has 0 radical (unpaired) electrons. The van der Waals surface area contributed by atoms with Crippen molar-refractivity contribution in [2.45, 2.75) is 26.4 Å². The van der Waals surface area contributed by atoms with Crippen molar-refractivity contribution in [1.82, 2.24) is 24.4 Å². The molecule has 0 spiro atoms. The molecular formula is C25H28N6O2. The van der Waals surface area contributed by atoms with E-state index in [1.54, 1.807) is 4.57 Å². The topological polar surface area (TPSA) is 88.0 Å². The van der Waals surface area contributed by atoms with Crippen LogP contribution in [0.25, 0.3) is 11.2 Å². The van der Waals surface area contributed by atoms with Gasteiger partial charge < -0.3 is 10.2 Å². The van der Waals surface area contributed by atoms with Gasteiger partial charge in [-0.2, -0.15) is 4.98 Å². The van der Waals surface area contributed by atoms with Gasteiger partial charge in [-0.15, -0.1) is 0 Å². The number of H-pyrrole nitrogens is 1. The molecule has 4 aromatic rings. The summed E-state index contributed by atoms with van der Waals surface area (Å²) in [7, 11) is 0. The molecule has 0 unspecified atom stereocenters. The standard InChI is InChI=1S/C25H28N6O2/c1-18-8-5-6-11-20(18)17-30-21-22(27-24(30)29-14-7-12-26-13-15-29)31(25(33)28-23(21)32)16-19-9-3-2-4-10-19/h2-6,8-11,26H,7,12-17H2,1H3,(H,28,32,33). The largest absolute Gasteiger partial charge is 0.341 e. The van der Waals surface area contributed by atoms with Gasteiger partial charge >= 0.3 is 5.69 Å². The van der Waals surface area contributed by atoms with Crippen LogP contribution in [-0.4, -0.2) is 45.3 Å². The van der Waals surface area contributed by atoms with E-state index in [1.807, 2.05) is 47.0 Å². The summed E-state index contributed by atoms with van der Waals surface area (Å²) in [6, 6.07) is 17.9. The Morgan fingerprint density at radius 1 is 0.909 bits per heavy atom. The number of nitrogens with zero attached hydrogens (tertiary/aromatic N) is 4. The SMILES string of the molecule is Cc1ccccc1Cn1c(N2CCCNCC2)nc2c1c(=O)[nH]c(=O)n2Cc1ccccc1. The van der Waals surface area contributed by atoms with Crippen LogP contribution < -0.4 is 21.5 Å². The normalized spacial score (nSPS) is 14.5. The molecule has 2 N–H and O–H groups in total. The summed E-state index contributed by atoms with van der Waals surface area (Å²) in [6.07, 6.45) is 0.987. The minimum absolute atomic E-state index is 0.343. The van der Waals surface area contributed by atoms with Gasteiger partial charge in [-0.3, -0.25) is 18.9 Å². The van der Waals surface area contributed by atoms with E-state index in [0.29, 0.717) is 24.3 Å². The summed E-state index contributed by atoms with van der Waals surface area (Å²) in [4.78, 5) is 35.6. The second-order valence-electron chi connectivity index (χ2n) is 8.52. The molecule has 2 aromatic heterocycles. The van der Waals surface area contributed by atoms with E-state index in [0.717, 1.165) is 55.2 Å². The molecule has 5 rings (SSSR count). The molecule has 1 aliphatic rings. The molecule has 0 amide bonds. The lowest BCUT2D eigenvalue weighted by molar-refractivity contribution is 0.720. The van der Waals surface area contributed by atoms with Crippen molar-refractivity contribution in [1.29, 1.82) is 0 Å². The molecule has 0 saturated carbocycles. The van der Waals surface area contributed by atoms with Crippen LogP contribution >= 0.6 is 0 Å². The Labute approximate surface area is 191 Å². The molecule has 8 nitrogen and oxygen atoms in total. The molecule has 0 bridgehead atoms. The number of hydrogen-bond donors (Lipinski definition) is 2. The first-order chi connectivity index (χ1) is 16.1. The van der Waals surface area contributed by atoms with E-state index >= 15 is 0 Å². The number of rotatable bonds is 5. The van der Waals surface area contributed by atoms with Gasteiger partial charge in [0.05, 0.1) is 13.1 Å². The zero-order chi connectivity index (χ0) is 22.8. The Morgan fingerprint density at radius 2 is 1.70 bits per heavy atom. The first kappa shape index (κ1) is 21.2. The fourth-order valence-electron chi connectivity index (χ4n) is 4.47. The van der Waals surface area contributed by atoms with Gasteiger partial charge in [-0.1, -0.05) is 54.6 Å². The van der Waals surface area contributed by atoms with Gasteiger partial charge in [0, 0.05) is 19.6 Å². The predicted molar refractivity (Wildman–Crippen MR) is 130 cm³/mol. The molecule has 8 heteroatoms. The monoisotopic (exact) mass is 444 g/mol. The van der Waals surface area contributed by atoms with E-state index < -0.39 is 11.2 Å². The molecule has 2 aromatic carbocycles. The quantitative estimate of drug-likeness (QED) is 0.492. The lowest BCUT2D eigenvalue weighted by Crippen LogP contribution is -2.32. The first-order valence-corrected chi connectivity index (χ1v) is 11.4. The highest BCUT2D eigenvalue weighted by Gasteiger charge is 2.23. The van der Waals surface area contributed by atoms with Crippen molar-refractivity contribution >= 4 is 17.1 Å². The van der Waals surface area contributed by atoms with Crippen LogP contribution in [0.3, 0.4) is 0 Å². The third-order valence-corrected chi connectivity index (χ3v) is 6.26. The zero-order valence-electron chi connectivity index (χ0n) is 18.8. The smallest absolute Gasteiger partial charge is 0.330 e. The van der Waals surface area contributed by atoms with Gasteiger partial charge in [0.15, 0.2) is 11.2 Å². The van der Waals surface area contributed by atoms with Crippen LogP contribution in [0, 0.1) is 6.92 Å². The number of aryl methyl sites for hydroxylation is 1. The van der Waals surface area contributed by atoms with Crippen molar-refractivity contribution in [2.24, 2.45) is 0 Å². The fourth-order valence-corrected chi connectivity index (χ4v) is 4.47. The second-order valence-corrected chi connectivity index (χ2v) is 8.52. The lowest BCUT2D eigenvalue weighted by Gasteiger charge is -2.22. The van der Waals surface area contributed by atoms with Gasteiger partial charge in [0.25, 0.3) is 5.56 Å². The molecule has 1 saturated heterocycles. The lowest BCUT2D eigenvalue weighted by atomic mass is 10.1. The van der Waals surface area contributed by atoms with Gasteiger partial charge in [0.1, 0.15) is 0 Å². The third-order valence-electron chi connectivity index (χ3n) is 6.26. The highest BCUT2D eigenvalue weighted by atomic mass is 16.2. The van der Waals surface area contributed by atoms with Crippen LogP contribution in [0.5, 0.6) is 0 Å². The van der Waals surface area contributed by atoms with E-state index in [9.17, 15) is 9.59 Å². The van der Waals surface area contributed by atoms with Gasteiger partial charge in [-0.25, -0.2) is 4.79 Å². The zero-order valence-corrected chi connectivity index (χ0v) is 18.8. The third kappa shape index (κ3) is 4.21. The van der Waals surface area contributed by atoms with Crippen LogP contribution in [0.4, 0.5) is 5.95 Å². The van der Waals surface area contributed by atoms with E-state index in [1.165, 1.54) is 0 Å².